The number of nitrogens with zero attached hydrogens (tertiary/aromatic N) is 3. The van der Waals surface area contributed by atoms with E-state index in [4.69, 9.17) is 9.47 Å². The fraction of sp³-hybridized carbons (Fsp3) is 0.400. The molecule has 0 fully saturated rings. The molecule has 31 heavy (non-hydrogen) atoms. The maximum atomic E-state index is 12.8. The molecule has 0 saturated carbocycles. The fourth-order valence-electron chi connectivity index (χ4n) is 3.52. The minimum Gasteiger partial charge on any atom is -0.494 e. The highest BCUT2D eigenvalue weighted by Gasteiger charge is 2.14. The SMILES string of the molecule is CCCCCCOc1ccc(C(C)n2c(C)cc(OCc3ncccn3)cc2=O)cc1. The maximum Gasteiger partial charge on any atom is 0.254 e. The van der Waals surface area contributed by atoms with E-state index in [1.165, 1.54) is 25.3 Å². The molecule has 0 amide bonds. The molecule has 0 spiro atoms. The third-order valence-corrected chi connectivity index (χ3v) is 5.24. The molecule has 2 heterocycles. The van der Waals surface area contributed by atoms with Crippen molar-refractivity contribution in [1.29, 1.82) is 0 Å². The van der Waals surface area contributed by atoms with E-state index in [1.54, 1.807) is 23.0 Å². The summed E-state index contributed by atoms with van der Waals surface area (Å²) in [5.74, 6) is 1.96. The molecule has 0 saturated heterocycles. The van der Waals surface area contributed by atoms with Gasteiger partial charge in [0.2, 0.25) is 0 Å². The molecule has 1 aromatic carbocycles. The van der Waals surface area contributed by atoms with Gasteiger partial charge in [-0.05, 0) is 50.1 Å². The summed E-state index contributed by atoms with van der Waals surface area (Å²) >= 11 is 0. The molecule has 6 nitrogen and oxygen atoms in total. The van der Waals surface area contributed by atoms with Crippen molar-refractivity contribution in [2.75, 3.05) is 6.61 Å². The van der Waals surface area contributed by atoms with Crippen LogP contribution in [0.25, 0.3) is 0 Å². The first-order valence-electron chi connectivity index (χ1n) is 10.9. The van der Waals surface area contributed by atoms with Crippen LogP contribution in [0.15, 0.2) is 59.7 Å². The van der Waals surface area contributed by atoms with Crippen LogP contribution in [0, 0.1) is 6.92 Å². The van der Waals surface area contributed by atoms with Crippen LogP contribution in [0.5, 0.6) is 11.5 Å². The molecular formula is C25H31N3O3. The molecule has 0 aliphatic heterocycles. The van der Waals surface area contributed by atoms with E-state index >= 15 is 0 Å². The first-order valence-corrected chi connectivity index (χ1v) is 10.9. The van der Waals surface area contributed by atoms with Crippen molar-refractivity contribution in [1.82, 2.24) is 14.5 Å². The summed E-state index contributed by atoms with van der Waals surface area (Å²) in [6.45, 7) is 7.10. The summed E-state index contributed by atoms with van der Waals surface area (Å²) in [7, 11) is 0. The van der Waals surface area contributed by atoms with Gasteiger partial charge in [-0.15, -0.1) is 0 Å². The van der Waals surface area contributed by atoms with Crippen LogP contribution in [0.1, 0.15) is 62.7 Å². The van der Waals surface area contributed by atoms with E-state index in [0.29, 0.717) is 11.6 Å². The van der Waals surface area contributed by atoms with Crippen molar-refractivity contribution in [3.8, 4) is 11.5 Å². The lowest BCUT2D eigenvalue weighted by Gasteiger charge is -2.20. The molecule has 1 atom stereocenters. The molecule has 0 radical (unpaired) electrons. The second kappa shape index (κ2) is 11.3. The van der Waals surface area contributed by atoms with Gasteiger partial charge in [0, 0.05) is 24.2 Å². The van der Waals surface area contributed by atoms with Crippen molar-refractivity contribution < 1.29 is 9.47 Å². The Morgan fingerprint density at radius 3 is 2.39 bits per heavy atom. The van der Waals surface area contributed by atoms with Gasteiger partial charge < -0.3 is 14.0 Å². The van der Waals surface area contributed by atoms with Crippen LogP contribution in [0.3, 0.4) is 0 Å². The van der Waals surface area contributed by atoms with Crippen LogP contribution in [0.2, 0.25) is 0 Å². The Hall–Kier alpha value is -3.15. The molecule has 2 aromatic heterocycles. The molecule has 3 rings (SSSR count). The van der Waals surface area contributed by atoms with Crippen molar-refractivity contribution in [2.45, 2.75) is 59.1 Å². The Bertz CT molecular complexity index is 1000. The minimum atomic E-state index is -0.104. The number of hydrogen-bond acceptors (Lipinski definition) is 5. The Morgan fingerprint density at radius 1 is 0.968 bits per heavy atom. The third kappa shape index (κ3) is 6.41. The standard InChI is InChI=1S/C25H31N3O3/c1-4-5-6-7-15-30-22-11-9-21(10-12-22)20(3)28-19(2)16-23(17-25(28)29)31-18-24-26-13-8-14-27-24/h8-14,16-17,20H,4-7,15,18H2,1-3H3. The van der Waals surface area contributed by atoms with Crippen molar-refractivity contribution in [2.24, 2.45) is 0 Å². The summed E-state index contributed by atoms with van der Waals surface area (Å²) < 4.78 is 13.3. The Morgan fingerprint density at radius 2 is 1.71 bits per heavy atom. The predicted octanol–water partition coefficient (Wildman–Crippen LogP) is 5.09. The zero-order valence-electron chi connectivity index (χ0n) is 18.6. The van der Waals surface area contributed by atoms with Gasteiger partial charge in [0.1, 0.15) is 18.1 Å². The summed E-state index contributed by atoms with van der Waals surface area (Å²) in [5.41, 5.74) is 1.78. The first-order chi connectivity index (χ1) is 15.1. The highest BCUT2D eigenvalue weighted by molar-refractivity contribution is 5.31. The van der Waals surface area contributed by atoms with Gasteiger partial charge in [0.05, 0.1) is 12.6 Å². The molecule has 3 aromatic rings. The Kier molecular flexibility index (Phi) is 8.21. The molecule has 0 aliphatic rings. The minimum absolute atomic E-state index is 0.0994. The van der Waals surface area contributed by atoms with Crippen LogP contribution >= 0.6 is 0 Å². The highest BCUT2D eigenvalue weighted by atomic mass is 16.5. The van der Waals surface area contributed by atoms with E-state index in [2.05, 4.69) is 16.9 Å². The largest absolute Gasteiger partial charge is 0.494 e. The number of aryl methyl sites for hydroxylation is 1. The first kappa shape index (κ1) is 22.5. The zero-order chi connectivity index (χ0) is 22.1. The quantitative estimate of drug-likeness (QED) is 0.403. The van der Waals surface area contributed by atoms with Gasteiger partial charge in [-0.1, -0.05) is 38.3 Å². The average molecular weight is 422 g/mol. The van der Waals surface area contributed by atoms with Gasteiger partial charge in [0.15, 0.2) is 5.82 Å². The zero-order valence-corrected chi connectivity index (χ0v) is 18.6. The number of benzene rings is 1. The number of unbranched alkanes of at least 4 members (excludes halogenated alkanes) is 3. The maximum absolute atomic E-state index is 12.8. The lowest BCUT2D eigenvalue weighted by Crippen LogP contribution is -2.25. The molecule has 1 unspecified atom stereocenters. The highest BCUT2D eigenvalue weighted by Crippen LogP contribution is 2.23. The van der Waals surface area contributed by atoms with E-state index < -0.39 is 0 Å². The van der Waals surface area contributed by atoms with Crippen molar-refractivity contribution >= 4 is 0 Å². The van der Waals surface area contributed by atoms with E-state index in [1.807, 2.05) is 44.2 Å². The second-order valence-corrected chi connectivity index (χ2v) is 7.65. The fourth-order valence-corrected chi connectivity index (χ4v) is 3.52. The predicted molar refractivity (Wildman–Crippen MR) is 122 cm³/mol. The Labute approximate surface area is 183 Å². The molecule has 164 valence electrons. The number of aromatic nitrogens is 3. The number of ether oxygens (including phenoxy) is 2. The van der Waals surface area contributed by atoms with Gasteiger partial charge in [-0.2, -0.15) is 0 Å². The normalized spacial score (nSPS) is 11.8. The van der Waals surface area contributed by atoms with E-state index in [9.17, 15) is 4.79 Å². The van der Waals surface area contributed by atoms with Gasteiger partial charge >= 0.3 is 0 Å². The van der Waals surface area contributed by atoms with Crippen LogP contribution in [0.4, 0.5) is 0 Å². The molecular weight excluding hydrogens is 390 g/mol. The summed E-state index contributed by atoms with van der Waals surface area (Å²) in [5, 5.41) is 0. The summed E-state index contributed by atoms with van der Waals surface area (Å²) in [6.07, 6.45) is 8.08. The lowest BCUT2D eigenvalue weighted by atomic mass is 10.1. The number of hydrogen-bond donors (Lipinski definition) is 0. The summed E-state index contributed by atoms with van der Waals surface area (Å²) in [4.78, 5) is 21.1. The van der Waals surface area contributed by atoms with E-state index in [-0.39, 0.29) is 18.2 Å². The second-order valence-electron chi connectivity index (χ2n) is 7.65. The van der Waals surface area contributed by atoms with Gasteiger partial charge in [0.25, 0.3) is 5.56 Å². The molecule has 6 heteroatoms. The molecule has 0 N–H and O–H groups in total. The topological polar surface area (TPSA) is 66.2 Å². The number of pyridine rings is 1. The third-order valence-electron chi connectivity index (χ3n) is 5.24. The lowest BCUT2D eigenvalue weighted by molar-refractivity contribution is 0.294. The van der Waals surface area contributed by atoms with Crippen LogP contribution < -0.4 is 15.0 Å². The van der Waals surface area contributed by atoms with Gasteiger partial charge in [-0.3, -0.25) is 4.79 Å². The molecule has 0 bridgehead atoms. The van der Waals surface area contributed by atoms with Crippen LogP contribution in [-0.4, -0.2) is 21.1 Å². The summed E-state index contributed by atoms with van der Waals surface area (Å²) in [6, 6.07) is 13.0. The van der Waals surface area contributed by atoms with Crippen molar-refractivity contribution in [3.05, 3.63) is 82.3 Å². The Balaban J connectivity index is 1.64. The average Bonchev–Trinajstić information content (AvgIpc) is 2.78. The monoisotopic (exact) mass is 421 g/mol. The number of rotatable bonds is 11. The van der Waals surface area contributed by atoms with Crippen molar-refractivity contribution in [3.63, 3.8) is 0 Å². The molecule has 0 aliphatic carbocycles. The van der Waals surface area contributed by atoms with E-state index in [0.717, 1.165) is 30.0 Å². The smallest absolute Gasteiger partial charge is 0.254 e. The van der Waals surface area contributed by atoms with Gasteiger partial charge in [-0.25, -0.2) is 9.97 Å². The van der Waals surface area contributed by atoms with Crippen LogP contribution in [-0.2, 0) is 6.61 Å².